The molecule has 0 saturated heterocycles. The van der Waals surface area contributed by atoms with Crippen LogP contribution in [0.25, 0.3) is 0 Å². The number of aromatic nitrogens is 4. The summed E-state index contributed by atoms with van der Waals surface area (Å²) < 4.78 is 19.3. The van der Waals surface area contributed by atoms with Crippen LogP contribution in [0.3, 0.4) is 0 Å². The number of amides is 2. The predicted octanol–water partition coefficient (Wildman–Crippen LogP) is 1.84. The molecule has 13 heteroatoms. The Bertz CT molecular complexity index is 1330. The smallest absolute Gasteiger partial charge is 0.332 e. The van der Waals surface area contributed by atoms with Crippen molar-refractivity contribution in [2.75, 3.05) is 0 Å². The van der Waals surface area contributed by atoms with Gasteiger partial charge in [0.05, 0.1) is 0 Å². The molecule has 0 aliphatic rings. The van der Waals surface area contributed by atoms with Gasteiger partial charge in [0.2, 0.25) is 11.6 Å². The molecule has 3 N–H and O–H groups in total. The molecular weight excluding hydrogens is 475 g/mol. The van der Waals surface area contributed by atoms with E-state index in [1.807, 2.05) is 6.92 Å². The van der Waals surface area contributed by atoms with Crippen LogP contribution in [0.15, 0.2) is 33.5 Å². The quantitative estimate of drug-likeness (QED) is 0.390. The van der Waals surface area contributed by atoms with Crippen LogP contribution >= 0.6 is 0 Å². The Kier molecular flexibility index (Phi) is 7.53. The molecule has 2 amide bonds. The lowest BCUT2D eigenvalue weighted by Crippen LogP contribution is -2.41. The number of hydrogen-bond acceptors (Lipinski definition) is 9. The summed E-state index contributed by atoms with van der Waals surface area (Å²) in [4.78, 5) is 47.5. The number of hydrogen-bond donors (Lipinski definition) is 3. The maximum atomic E-state index is 13.2. The van der Waals surface area contributed by atoms with Gasteiger partial charge in [-0.25, -0.2) is 14.9 Å². The minimum absolute atomic E-state index is 0.0586. The van der Waals surface area contributed by atoms with E-state index in [1.165, 1.54) is 40.0 Å². The van der Waals surface area contributed by atoms with Gasteiger partial charge >= 0.3 is 11.8 Å². The van der Waals surface area contributed by atoms with Crippen LogP contribution < -0.4 is 16.4 Å². The second-order valence-electron chi connectivity index (χ2n) is 8.77. The summed E-state index contributed by atoms with van der Waals surface area (Å²) in [5, 5.41) is 20.2. The highest BCUT2D eigenvalue weighted by atomic mass is 19.1. The fraction of sp³-hybridized carbons (Fsp3) is 0.391. The van der Waals surface area contributed by atoms with Crippen molar-refractivity contribution in [2.24, 2.45) is 7.05 Å². The van der Waals surface area contributed by atoms with Crippen molar-refractivity contribution in [1.29, 1.82) is 0 Å². The zero-order chi connectivity index (χ0) is 26.8. The van der Waals surface area contributed by atoms with Gasteiger partial charge in [0, 0.05) is 25.9 Å². The van der Waals surface area contributed by atoms with Crippen molar-refractivity contribution in [1.82, 2.24) is 30.5 Å². The summed E-state index contributed by atoms with van der Waals surface area (Å²) in [5.74, 6) is -3.27. The van der Waals surface area contributed by atoms with Crippen LogP contribution in [0, 0.1) is 12.7 Å². The molecule has 0 saturated carbocycles. The molecule has 3 rings (SSSR count). The molecule has 0 bridgehead atoms. The minimum Gasteiger partial charge on any atom is -0.501 e. The van der Waals surface area contributed by atoms with E-state index >= 15 is 0 Å². The van der Waals surface area contributed by atoms with E-state index in [4.69, 9.17) is 9.25 Å². The van der Waals surface area contributed by atoms with Crippen LogP contribution in [0.2, 0.25) is 0 Å². The fourth-order valence-electron chi connectivity index (χ4n) is 3.39. The number of aryl methyl sites for hydroxylation is 1. The normalized spacial score (nSPS) is 13.2. The number of carbonyl (C=O) groups is 2. The molecule has 0 fully saturated rings. The van der Waals surface area contributed by atoms with Gasteiger partial charge in [-0.1, -0.05) is 19.1 Å². The summed E-state index contributed by atoms with van der Waals surface area (Å²) in [7, 11) is 1.33. The van der Waals surface area contributed by atoms with E-state index in [-0.39, 0.29) is 29.3 Å². The maximum Gasteiger partial charge on any atom is 0.332 e. The number of benzene rings is 1. The third-order valence-corrected chi connectivity index (χ3v) is 5.64. The van der Waals surface area contributed by atoms with Crippen molar-refractivity contribution in [2.45, 2.75) is 52.2 Å². The molecule has 192 valence electrons. The number of hydroxylamine groups is 1. The average Bonchev–Trinajstić information content (AvgIpc) is 3.27. The van der Waals surface area contributed by atoms with Gasteiger partial charge in [0.15, 0.2) is 5.69 Å². The lowest BCUT2D eigenvalue weighted by atomic mass is 9.94. The summed E-state index contributed by atoms with van der Waals surface area (Å²) in [6, 6.07) is 5.40. The number of rotatable bonds is 8. The van der Waals surface area contributed by atoms with Gasteiger partial charge in [0.25, 0.3) is 11.5 Å². The highest BCUT2D eigenvalue weighted by molar-refractivity contribution is 5.95. The second-order valence-corrected chi connectivity index (χ2v) is 8.77. The molecule has 2 atom stereocenters. The Labute approximate surface area is 205 Å². The van der Waals surface area contributed by atoms with Gasteiger partial charge in [-0.2, -0.15) is 0 Å². The first-order valence-corrected chi connectivity index (χ1v) is 11.0. The number of aromatic hydroxyl groups is 1. The van der Waals surface area contributed by atoms with Crippen LogP contribution in [0.5, 0.6) is 5.75 Å². The van der Waals surface area contributed by atoms with Gasteiger partial charge in [0.1, 0.15) is 17.2 Å². The first-order valence-electron chi connectivity index (χ1n) is 11.0. The molecule has 0 aliphatic carbocycles. The second kappa shape index (κ2) is 10.2. The van der Waals surface area contributed by atoms with Crippen molar-refractivity contribution < 1.29 is 28.3 Å². The van der Waals surface area contributed by atoms with Gasteiger partial charge in [-0.15, -0.1) is 10.2 Å². The zero-order valence-corrected chi connectivity index (χ0v) is 20.6. The van der Waals surface area contributed by atoms with E-state index in [0.717, 1.165) is 10.1 Å². The molecule has 3 aromatic rings. The summed E-state index contributed by atoms with van der Waals surface area (Å²) >= 11 is 0. The number of halogens is 1. The average molecular weight is 503 g/mol. The van der Waals surface area contributed by atoms with Crippen LogP contribution in [0.4, 0.5) is 4.39 Å². The van der Waals surface area contributed by atoms with Crippen molar-refractivity contribution in [3.63, 3.8) is 0 Å². The molecular formula is C23H27FN6O6. The molecule has 2 unspecified atom stereocenters. The third kappa shape index (κ3) is 5.57. The number of nitrogens with zero attached hydrogens (tertiary/aromatic N) is 4. The van der Waals surface area contributed by atoms with E-state index < -0.39 is 40.5 Å². The topological polar surface area (TPSA) is 161 Å². The Morgan fingerprint density at radius 2 is 1.81 bits per heavy atom. The maximum absolute atomic E-state index is 13.2. The molecule has 0 spiro atoms. The van der Waals surface area contributed by atoms with E-state index in [2.05, 4.69) is 26.0 Å². The highest BCUT2D eigenvalue weighted by Crippen LogP contribution is 2.24. The fourth-order valence-corrected chi connectivity index (χ4v) is 3.39. The summed E-state index contributed by atoms with van der Waals surface area (Å²) in [6.07, 6.45) is 0. The van der Waals surface area contributed by atoms with Crippen molar-refractivity contribution in [3.8, 4) is 5.75 Å². The monoisotopic (exact) mass is 502 g/mol. The van der Waals surface area contributed by atoms with E-state index in [0.29, 0.717) is 0 Å². The zero-order valence-electron chi connectivity index (χ0n) is 20.6. The molecule has 2 aromatic heterocycles. The molecule has 1 aromatic carbocycles. The highest BCUT2D eigenvalue weighted by Gasteiger charge is 2.33. The molecule has 12 nitrogen and oxygen atoms in total. The Balaban J connectivity index is 1.82. The molecule has 0 radical (unpaired) electrons. The van der Waals surface area contributed by atoms with E-state index in [1.54, 1.807) is 19.1 Å². The van der Waals surface area contributed by atoms with Crippen LogP contribution in [-0.2, 0) is 17.5 Å². The Hall–Kier alpha value is -4.13. The van der Waals surface area contributed by atoms with Gasteiger partial charge in [-0.05, 0) is 38.5 Å². The number of nitrogens with one attached hydrogen (secondary N) is 2. The first kappa shape index (κ1) is 26.5. The van der Waals surface area contributed by atoms with Crippen LogP contribution in [0.1, 0.15) is 72.1 Å². The molecule has 0 aliphatic heterocycles. The Morgan fingerprint density at radius 1 is 1.17 bits per heavy atom. The lowest BCUT2D eigenvalue weighted by molar-refractivity contribution is -0.0829. The Morgan fingerprint density at radius 3 is 2.39 bits per heavy atom. The third-order valence-electron chi connectivity index (χ3n) is 5.64. The van der Waals surface area contributed by atoms with Crippen LogP contribution in [-0.4, -0.2) is 42.7 Å². The first-order chi connectivity index (χ1) is 16.8. The number of carbonyl (C=O) groups excluding carboxylic acids is 2. The standard InChI is InChI=1S/C23H27FN6O6/c1-11(14-7-9-15(24)10-8-14)12(2)25-18(32)16-17(31)21(34)30(6)22(26-16)23(4,5)36-29-19(33)20-28-27-13(3)35-20/h7-12,31H,1-6H3,(H,25,32)(H,29,33). The lowest BCUT2D eigenvalue weighted by Gasteiger charge is -2.26. The van der Waals surface area contributed by atoms with Crippen molar-refractivity contribution in [3.05, 3.63) is 69.3 Å². The predicted molar refractivity (Wildman–Crippen MR) is 123 cm³/mol. The largest absolute Gasteiger partial charge is 0.501 e. The van der Waals surface area contributed by atoms with Crippen molar-refractivity contribution >= 4 is 11.8 Å². The SMILES string of the molecule is Cc1nnc(C(=O)NOC(C)(C)c2nc(C(=O)NC(C)C(C)c3ccc(F)cc3)c(O)c(=O)n2C)o1. The molecule has 2 heterocycles. The summed E-state index contributed by atoms with van der Waals surface area (Å²) in [5.41, 5.74) is 0.0976. The molecule has 36 heavy (non-hydrogen) atoms. The van der Waals surface area contributed by atoms with Gasteiger partial charge < -0.3 is 14.8 Å². The van der Waals surface area contributed by atoms with Gasteiger partial charge in [-0.3, -0.25) is 23.8 Å². The summed E-state index contributed by atoms with van der Waals surface area (Å²) in [6.45, 7) is 8.06. The van der Waals surface area contributed by atoms with E-state index in [9.17, 15) is 23.9 Å². The minimum atomic E-state index is -1.44.